The lowest BCUT2D eigenvalue weighted by Gasteiger charge is -2.28. The maximum atomic E-state index is 13.0. The molecule has 1 N–H and O–H groups in total. The van der Waals surface area contributed by atoms with Crippen LogP contribution in [0.4, 0.5) is 16.2 Å². The van der Waals surface area contributed by atoms with Crippen molar-refractivity contribution >= 4 is 11.8 Å². The van der Waals surface area contributed by atoms with Crippen molar-refractivity contribution in [3.63, 3.8) is 0 Å². The van der Waals surface area contributed by atoms with E-state index in [0.29, 0.717) is 18.5 Å². The molecule has 26 heavy (non-hydrogen) atoms. The van der Waals surface area contributed by atoms with E-state index in [9.17, 15) is 4.39 Å². The molecule has 0 unspecified atom stereocenters. The first kappa shape index (κ1) is 17.9. The summed E-state index contributed by atoms with van der Waals surface area (Å²) in [5.74, 6) is 1.20. The highest BCUT2D eigenvalue weighted by atomic mass is 19.1. The van der Waals surface area contributed by atoms with E-state index in [2.05, 4.69) is 46.2 Å². The van der Waals surface area contributed by atoms with E-state index in [1.807, 2.05) is 24.3 Å². The van der Waals surface area contributed by atoms with Crippen LogP contribution in [-0.2, 0) is 13.1 Å². The maximum Gasteiger partial charge on any atom is 0.224 e. The summed E-state index contributed by atoms with van der Waals surface area (Å²) >= 11 is 0. The van der Waals surface area contributed by atoms with Crippen LogP contribution in [0.5, 0.6) is 0 Å². The van der Waals surface area contributed by atoms with Crippen molar-refractivity contribution in [3.05, 3.63) is 83.8 Å². The van der Waals surface area contributed by atoms with Crippen molar-refractivity contribution in [2.45, 2.75) is 33.0 Å². The Kier molecular flexibility index (Phi) is 5.79. The van der Waals surface area contributed by atoms with Crippen LogP contribution in [0.3, 0.4) is 0 Å². The summed E-state index contributed by atoms with van der Waals surface area (Å²) < 4.78 is 13.0. The SMILES string of the molecule is CC(C)N(Cc1ccccc1)c1ccnc(NCc2ccc(F)cc2)n1. The van der Waals surface area contributed by atoms with Gasteiger partial charge in [-0.1, -0.05) is 42.5 Å². The molecule has 0 saturated carbocycles. The molecule has 134 valence electrons. The second-order valence-electron chi connectivity index (χ2n) is 6.43. The van der Waals surface area contributed by atoms with E-state index < -0.39 is 0 Å². The number of benzene rings is 2. The van der Waals surface area contributed by atoms with Crippen molar-refractivity contribution in [1.82, 2.24) is 9.97 Å². The van der Waals surface area contributed by atoms with Gasteiger partial charge < -0.3 is 10.2 Å². The van der Waals surface area contributed by atoms with Gasteiger partial charge in [0, 0.05) is 25.3 Å². The Labute approximate surface area is 153 Å². The van der Waals surface area contributed by atoms with Crippen molar-refractivity contribution in [2.24, 2.45) is 0 Å². The molecular formula is C21H23FN4. The first-order valence-electron chi connectivity index (χ1n) is 8.74. The predicted molar refractivity (Wildman–Crippen MR) is 104 cm³/mol. The smallest absolute Gasteiger partial charge is 0.224 e. The van der Waals surface area contributed by atoms with Crippen molar-refractivity contribution in [1.29, 1.82) is 0 Å². The third-order valence-electron chi connectivity index (χ3n) is 4.12. The molecular weight excluding hydrogens is 327 g/mol. The van der Waals surface area contributed by atoms with E-state index in [0.717, 1.165) is 17.9 Å². The molecule has 0 atom stereocenters. The molecule has 0 saturated heterocycles. The number of rotatable bonds is 7. The molecule has 2 aromatic carbocycles. The third kappa shape index (κ3) is 4.79. The van der Waals surface area contributed by atoms with Crippen molar-refractivity contribution in [3.8, 4) is 0 Å². The summed E-state index contributed by atoms with van der Waals surface area (Å²) in [6.45, 7) is 5.63. The van der Waals surface area contributed by atoms with Crippen LogP contribution in [0.25, 0.3) is 0 Å². The Hall–Kier alpha value is -2.95. The van der Waals surface area contributed by atoms with Crippen LogP contribution in [0.15, 0.2) is 66.9 Å². The van der Waals surface area contributed by atoms with Gasteiger partial charge in [0.05, 0.1) is 0 Å². The van der Waals surface area contributed by atoms with Gasteiger partial charge in [0.1, 0.15) is 11.6 Å². The standard InChI is InChI=1S/C21H23FN4/c1-16(2)26(15-18-6-4-3-5-7-18)20-12-13-23-21(25-20)24-14-17-8-10-19(22)11-9-17/h3-13,16H,14-15H2,1-2H3,(H,23,24,25). The highest BCUT2D eigenvalue weighted by molar-refractivity contribution is 5.44. The van der Waals surface area contributed by atoms with Gasteiger partial charge in [0.15, 0.2) is 0 Å². The summed E-state index contributed by atoms with van der Waals surface area (Å²) in [5, 5.41) is 3.21. The first-order valence-corrected chi connectivity index (χ1v) is 8.74. The number of nitrogens with zero attached hydrogens (tertiary/aromatic N) is 3. The van der Waals surface area contributed by atoms with E-state index in [1.165, 1.54) is 17.7 Å². The maximum absolute atomic E-state index is 13.0. The minimum atomic E-state index is -0.236. The average molecular weight is 350 g/mol. The zero-order valence-corrected chi connectivity index (χ0v) is 15.1. The number of halogens is 1. The lowest BCUT2D eigenvalue weighted by atomic mass is 10.2. The summed E-state index contributed by atoms with van der Waals surface area (Å²) in [7, 11) is 0. The minimum absolute atomic E-state index is 0.236. The molecule has 0 aliphatic carbocycles. The molecule has 0 fully saturated rings. The lowest BCUT2D eigenvalue weighted by molar-refractivity contribution is 0.627. The lowest BCUT2D eigenvalue weighted by Crippen LogP contribution is -2.31. The molecule has 1 heterocycles. The number of aromatic nitrogens is 2. The van der Waals surface area contributed by atoms with E-state index in [1.54, 1.807) is 18.3 Å². The molecule has 0 aliphatic heterocycles. The summed E-state index contributed by atoms with van der Waals surface area (Å²) in [6, 6.07) is 19.0. The fourth-order valence-corrected chi connectivity index (χ4v) is 2.69. The van der Waals surface area contributed by atoms with E-state index >= 15 is 0 Å². The van der Waals surface area contributed by atoms with Gasteiger partial charge in [-0.05, 0) is 43.2 Å². The van der Waals surface area contributed by atoms with Crippen LogP contribution >= 0.6 is 0 Å². The van der Waals surface area contributed by atoms with Crippen molar-refractivity contribution in [2.75, 3.05) is 10.2 Å². The Morgan fingerprint density at radius 3 is 2.38 bits per heavy atom. The van der Waals surface area contributed by atoms with Gasteiger partial charge in [-0.15, -0.1) is 0 Å². The molecule has 1 aromatic heterocycles. The summed E-state index contributed by atoms with van der Waals surface area (Å²) in [5.41, 5.74) is 2.21. The average Bonchev–Trinajstić information content (AvgIpc) is 2.66. The van der Waals surface area contributed by atoms with E-state index in [-0.39, 0.29) is 5.82 Å². The van der Waals surface area contributed by atoms with Crippen LogP contribution < -0.4 is 10.2 Å². The van der Waals surface area contributed by atoms with Crippen molar-refractivity contribution < 1.29 is 4.39 Å². The molecule has 0 radical (unpaired) electrons. The number of hydrogen-bond donors (Lipinski definition) is 1. The molecule has 5 heteroatoms. The number of hydrogen-bond acceptors (Lipinski definition) is 4. The zero-order valence-electron chi connectivity index (χ0n) is 15.1. The zero-order chi connectivity index (χ0) is 18.4. The highest BCUT2D eigenvalue weighted by Crippen LogP contribution is 2.19. The van der Waals surface area contributed by atoms with Crippen LogP contribution in [0.2, 0.25) is 0 Å². The number of nitrogens with one attached hydrogen (secondary N) is 1. The molecule has 0 spiro atoms. The van der Waals surface area contributed by atoms with Crippen LogP contribution in [-0.4, -0.2) is 16.0 Å². The Balaban J connectivity index is 1.72. The predicted octanol–water partition coefficient (Wildman–Crippen LogP) is 4.64. The fourth-order valence-electron chi connectivity index (χ4n) is 2.69. The van der Waals surface area contributed by atoms with Gasteiger partial charge in [-0.25, -0.2) is 9.37 Å². The Morgan fingerprint density at radius 2 is 1.69 bits per heavy atom. The van der Waals surface area contributed by atoms with Crippen LogP contribution in [0.1, 0.15) is 25.0 Å². The largest absolute Gasteiger partial charge is 0.350 e. The highest BCUT2D eigenvalue weighted by Gasteiger charge is 2.13. The van der Waals surface area contributed by atoms with Gasteiger partial charge in [0.25, 0.3) is 0 Å². The van der Waals surface area contributed by atoms with Gasteiger partial charge in [0.2, 0.25) is 5.95 Å². The third-order valence-corrected chi connectivity index (χ3v) is 4.12. The Bertz CT molecular complexity index is 819. The van der Waals surface area contributed by atoms with E-state index in [4.69, 9.17) is 0 Å². The van der Waals surface area contributed by atoms with Gasteiger partial charge in [-0.3, -0.25) is 0 Å². The fraction of sp³-hybridized carbons (Fsp3) is 0.238. The quantitative estimate of drug-likeness (QED) is 0.674. The summed E-state index contributed by atoms with van der Waals surface area (Å²) in [4.78, 5) is 11.2. The topological polar surface area (TPSA) is 41.1 Å². The first-order chi connectivity index (χ1) is 12.6. The number of anilines is 2. The molecule has 0 bridgehead atoms. The molecule has 4 nitrogen and oxygen atoms in total. The molecule has 0 aliphatic rings. The van der Waals surface area contributed by atoms with Gasteiger partial charge >= 0.3 is 0 Å². The normalized spacial score (nSPS) is 10.8. The molecule has 3 rings (SSSR count). The molecule has 0 amide bonds. The summed E-state index contributed by atoms with van der Waals surface area (Å²) in [6.07, 6.45) is 1.76. The molecule has 3 aromatic rings. The second-order valence-corrected chi connectivity index (χ2v) is 6.43. The van der Waals surface area contributed by atoms with Crippen LogP contribution in [0, 0.1) is 5.82 Å². The van der Waals surface area contributed by atoms with Gasteiger partial charge in [-0.2, -0.15) is 4.98 Å². The monoisotopic (exact) mass is 350 g/mol. The second kappa shape index (κ2) is 8.43. The Morgan fingerprint density at radius 1 is 0.962 bits per heavy atom. The minimum Gasteiger partial charge on any atom is -0.350 e.